The van der Waals surface area contributed by atoms with Crippen molar-refractivity contribution in [1.29, 1.82) is 0 Å². The summed E-state index contributed by atoms with van der Waals surface area (Å²) in [6.45, 7) is 4.65. The van der Waals surface area contributed by atoms with Crippen molar-refractivity contribution in [3.63, 3.8) is 0 Å². The van der Waals surface area contributed by atoms with Gasteiger partial charge in [0.1, 0.15) is 6.61 Å². The molecule has 2 amide bonds. The molecule has 4 heterocycles. The lowest BCUT2D eigenvalue weighted by Gasteiger charge is -2.27. The Hall–Kier alpha value is -3.79. The van der Waals surface area contributed by atoms with Gasteiger partial charge in [0, 0.05) is 30.0 Å². The monoisotopic (exact) mass is 435 g/mol. The number of hydrogen-bond donors (Lipinski definition) is 3. The van der Waals surface area contributed by atoms with Crippen LogP contribution in [0.4, 0.5) is 22.1 Å². The predicted molar refractivity (Wildman–Crippen MR) is 121 cm³/mol. The van der Waals surface area contributed by atoms with Crippen molar-refractivity contribution >= 4 is 23.4 Å². The van der Waals surface area contributed by atoms with Crippen molar-refractivity contribution in [2.45, 2.75) is 26.3 Å². The van der Waals surface area contributed by atoms with E-state index in [4.69, 9.17) is 14.8 Å². The molecule has 0 aromatic carbocycles. The zero-order valence-electron chi connectivity index (χ0n) is 17.9. The van der Waals surface area contributed by atoms with Crippen LogP contribution in [0.2, 0.25) is 0 Å². The highest BCUT2D eigenvalue weighted by atomic mass is 16.5. The number of aliphatic hydroxyl groups excluding tert-OH is 1. The van der Waals surface area contributed by atoms with E-state index in [0.29, 0.717) is 11.6 Å². The first-order valence-corrected chi connectivity index (χ1v) is 10.4. The van der Waals surface area contributed by atoms with Gasteiger partial charge in [-0.3, -0.25) is 15.2 Å². The van der Waals surface area contributed by atoms with Crippen LogP contribution in [0.1, 0.15) is 19.0 Å². The molecule has 1 atom stereocenters. The van der Waals surface area contributed by atoms with Gasteiger partial charge in [0.15, 0.2) is 11.6 Å². The molecule has 0 fully saturated rings. The Morgan fingerprint density at radius 2 is 2.16 bits per heavy atom. The minimum Gasteiger partial charge on any atom is -0.474 e. The molecular weight excluding hydrogens is 410 g/mol. The molecule has 3 N–H and O–H groups in total. The molecule has 3 aromatic heterocycles. The van der Waals surface area contributed by atoms with Gasteiger partial charge in [-0.15, -0.1) is 0 Å². The fourth-order valence-corrected chi connectivity index (χ4v) is 3.46. The first kappa shape index (κ1) is 21.4. The average Bonchev–Trinajstić information content (AvgIpc) is 2.96. The van der Waals surface area contributed by atoms with Crippen LogP contribution in [0.25, 0.3) is 11.3 Å². The number of anilines is 3. The van der Waals surface area contributed by atoms with Crippen molar-refractivity contribution in [1.82, 2.24) is 19.9 Å². The maximum atomic E-state index is 13.3. The zero-order chi connectivity index (χ0) is 22.5. The fourth-order valence-electron chi connectivity index (χ4n) is 3.46. The summed E-state index contributed by atoms with van der Waals surface area (Å²) in [5.74, 6) is 1.11. The lowest BCUT2D eigenvalue weighted by molar-refractivity contribution is 0.196. The maximum absolute atomic E-state index is 13.3. The number of carbonyl (C=O) groups is 1. The highest BCUT2D eigenvalue weighted by molar-refractivity contribution is 6.03. The van der Waals surface area contributed by atoms with Gasteiger partial charge in [0.05, 0.1) is 30.4 Å². The topological polar surface area (TPSA) is 125 Å². The number of rotatable bonds is 5. The molecule has 4 rings (SSSR count). The minimum absolute atomic E-state index is 0.0919. The molecule has 166 valence electrons. The molecule has 0 spiro atoms. The number of carbonyl (C=O) groups excluding carboxylic acids is 1. The summed E-state index contributed by atoms with van der Waals surface area (Å²) in [5.41, 5.74) is 3.37. The summed E-state index contributed by atoms with van der Waals surface area (Å²) < 4.78 is 5.21. The van der Waals surface area contributed by atoms with Crippen LogP contribution in [0.5, 0.6) is 5.88 Å². The summed E-state index contributed by atoms with van der Waals surface area (Å²) in [6.07, 6.45) is 5.31. The van der Waals surface area contributed by atoms with Crippen molar-refractivity contribution in [2.24, 2.45) is 0 Å². The smallest absolute Gasteiger partial charge is 0.329 e. The van der Waals surface area contributed by atoms with Crippen LogP contribution in [0.15, 0.2) is 42.9 Å². The third-order valence-electron chi connectivity index (χ3n) is 5.04. The van der Waals surface area contributed by atoms with Crippen LogP contribution in [-0.4, -0.2) is 56.9 Å². The molecule has 32 heavy (non-hydrogen) atoms. The van der Waals surface area contributed by atoms with E-state index in [9.17, 15) is 4.79 Å². The number of nitrogens with one attached hydrogen (secondary N) is 2. The number of ether oxygens (including phenoxy) is 1. The van der Waals surface area contributed by atoms with Gasteiger partial charge in [0.2, 0.25) is 5.88 Å². The standard InChI is InChI=1S/C22H25N7O3/c1-14-11-16(6-8-23-14)17-3-4-18-21(27-17)29(15(2)5-7-24-18)22(31)28-19-12-26-20(13-25-19)32-10-9-30/h3-4,6,8,11-13,15,24,30H,5,7,9-10H2,1-2H3,(H,25,28,31)/t15-/m1/s1. The van der Waals surface area contributed by atoms with Gasteiger partial charge in [-0.1, -0.05) is 0 Å². The van der Waals surface area contributed by atoms with Crippen LogP contribution in [-0.2, 0) is 0 Å². The largest absolute Gasteiger partial charge is 0.474 e. The van der Waals surface area contributed by atoms with E-state index in [0.717, 1.165) is 35.6 Å². The molecule has 1 aliphatic heterocycles. The molecule has 10 heteroatoms. The maximum Gasteiger partial charge on any atom is 0.329 e. The minimum atomic E-state index is -0.351. The zero-order valence-corrected chi connectivity index (χ0v) is 17.9. The van der Waals surface area contributed by atoms with E-state index in [1.807, 2.05) is 38.1 Å². The molecular formula is C22H25N7O3. The normalized spacial score (nSPS) is 15.3. The second-order valence-electron chi connectivity index (χ2n) is 7.43. The van der Waals surface area contributed by atoms with E-state index in [1.54, 1.807) is 11.1 Å². The predicted octanol–water partition coefficient (Wildman–Crippen LogP) is 2.86. The van der Waals surface area contributed by atoms with E-state index in [1.165, 1.54) is 12.4 Å². The summed E-state index contributed by atoms with van der Waals surface area (Å²) in [6, 6.07) is 7.29. The van der Waals surface area contributed by atoms with Gasteiger partial charge in [0.25, 0.3) is 0 Å². The molecule has 3 aromatic rings. The highest BCUT2D eigenvalue weighted by Gasteiger charge is 2.29. The molecule has 0 unspecified atom stereocenters. The third-order valence-corrected chi connectivity index (χ3v) is 5.04. The van der Waals surface area contributed by atoms with E-state index in [-0.39, 0.29) is 31.2 Å². The Labute approximate surface area is 185 Å². The van der Waals surface area contributed by atoms with Crippen LogP contribution >= 0.6 is 0 Å². The number of aryl methyl sites for hydroxylation is 1. The number of urea groups is 1. The number of pyridine rings is 2. The number of aliphatic hydroxyl groups is 1. The first-order valence-electron chi connectivity index (χ1n) is 10.4. The van der Waals surface area contributed by atoms with E-state index >= 15 is 0 Å². The number of nitrogens with zero attached hydrogens (tertiary/aromatic N) is 5. The Balaban J connectivity index is 1.61. The molecule has 10 nitrogen and oxygen atoms in total. The molecule has 0 saturated carbocycles. The summed E-state index contributed by atoms with van der Waals surface area (Å²) in [4.78, 5) is 32.2. The summed E-state index contributed by atoms with van der Waals surface area (Å²) in [7, 11) is 0. The SMILES string of the molecule is Cc1cc(-c2ccc3c(n2)N(C(=O)Nc2cnc(OCCO)cn2)[C@H](C)CCN3)ccn1. The molecule has 0 radical (unpaired) electrons. The lowest BCUT2D eigenvalue weighted by atomic mass is 10.1. The van der Waals surface area contributed by atoms with Crippen molar-refractivity contribution < 1.29 is 14.6 Å². The van der Waals surface area contributed by atoms with Gasteiger partial charge >= 0.3 is 6.03 Å². The van der Waals surface area contributed by atoms with Gasteiger partial charge < -0.3 is 15.2 Å². The number of aromatic nitrogens is 4. The summed E-state index contributed by atoms with van der Waals surface area (Å²) >= 11 is 0. The van der Waals surface area contributed by atoms with Crippen molar-refractivity contribution in [3.8, 4) is 17.1 Å². The molecule has 1 aliphatic rings. The van der Waals surface area contributed by atoms with Gasteiger partial charge in [-0.2, -0.15) is 0 Å². The highest BCUT2D eigenvalue weighted by Crippen LogP contribution is 2.32. The van der Waals surface area contributed by atoms with Crippen LogP contribution in [0, 0.1) is 6.92 Å². The van der Waals surface area contributed by atoms with Gasteiger partial charge in [-0.25, -0.2) is 19.7 Å². The molecule has 0 aliphatic carbocycles. The van der Waals surface area contributed by atoms with E-state index < -0.39 is 0 Å². The Kier molecular flexibility index (Phi) is 6.41. The van der Waals surface area contributed by atoms with E-state index in [2.05, 4.69) is 25.6 Å². The Bertz CT molecular complexity index is 1090. The van der Waals surface area contributed by atoms with Gasteiger partial charge in [-0.05, 0) is 44.5 Å². The number of fused-ring (bicyclic) bond motifs is 1. The van der Waals surface area contributed by atoms with Crippen molar-refractivity contribution in [2.75, 3.05) is 35.3 Å². The Morgan fingerprint density at radius 3 is 2.91 bits per heavy atom. The fraction of sp³-hybridized carbons (Fsp3) is 0.318. The Morgan fingerprint density at radius 1 is 1.28 bits per heavy atom. The lowest BCUT2D eigenvalue weighted by Crippen LogP contribution is -2.42. The third kappa shape index (κ3) is 4.75. The molecule has 0 bridgehead atoms. The second-order valence-corrected chi connectivity index (χ2v) is 7.43. The van der Waals surface area contributed by atoms with Crippen LogP contribution in [0.3, 0.4) is 0 Å². The second kappa shape index (κ2) is 9.56. The molecule has 0 saturated heterocycles. The van der Waals surface area contributed by atoms with Crippen LogP contribution < -0.4 is 20.3 Å². The number of amides is 2. The summed E-state index contributed by atoms with van der Waals surface area (Å²) in [5, 5.41) is 15.0. The van der Waals surface area contributed by atoms with Crippen molar-refractivity contribution in [3.05, 3.63) is 48.5 Å². The number of hydrogen-bond acceptors (Lipinski definition) is 8. The quantitative estimate of drug-likeness (QED) is 0.559. The average molecular weight is 435 g/mol. The first-order chi connectivity index (χ1) is 15.5.